The number of fused-ring (bicyclic) bond motifs is 1. The summed E-state index contributed by atoms with van der Waals surface area (Å²) in [7, 11) is 0. The Morgan fingerprint density at radius 2 is 1.85 bits per heavy atom. The van der Waals surface area contributed by atoms with E-state index in [1.54, 1.807) is 6.20 Å². The molecule has 0 atom stereocenters. The van der Waals surface area contributed by atoms with Crippen LogP contribution < -0.4 is 10.2 Å². The molecular formula is C26H34N6O. The summed E-state index contributed by atoms with van der Waals surface area (Å²) in [6.45, 7) is 10.5. The summed E-state index contributed by atoms with van der Waals surface area (Å²) >= 11 is 0. The molecule has 7 heteroatoms. The van der Waals surface area contributed by atoms with E-state index in [9.17, 15) is 4.79 Å². The van der Waals surface area contributed by atoms with E-state index in [-0.39, 0.29) is 5.91 Å². The Bertz CT molecular complexity index is 1120. The van der Waals surface area contributed by atoms with Crippen LogP contribution in [0.5, 0.6) is 0 Å². The average molecular weight is 447 g/mol. The van der Waals surface area contributed by atoms with Gasteiger partial charge in [0.2, 0.25) is 0 Å². The molecule has 0 saturated carbocycles. The first-order valence-corrected chi connectivity index (χ1v) is 12.1. The third-order valence-corrected chi connectivity index (χ3v) is 7.07. The van der Waals surface area contributed by atoms with Crippen LogP contribution in [-0.2, 0) is 13.1 Å². The first kappa shape index (κ1) is 21.9. The predicted octanol–water partition coefficient (Wildman–Crippen LogP) is 3.88. The lowest BCUT2D eigenvalue weighted by atomic mass is 9.82. The summed E-state index contributed by atoms with van der Waals surface area (Å²) in [6, 6.07) is 6.17. The molecular weight excluding hydrogens is 412 g/mol. The lowest BCUT2D eigenvalue weighted by Crippen LogP contribution is -2.36. The lowest BCUT2D eigenvalue weighted by Gasteiger charge is -2.36. The van der Waals surface area contributed by atoms with Gasteiger partial charge in [0.1, 0.15) is 5.65 Å². The minimum atomic E-state index is -0.116. The smallest absolute Gasteiger partial charge is 0.253 e. The molecule has 33 heavy (non-hydrogen) atoms. The third-order valence-electron chi connectivity index (χ3n) is 7.07. The summed E-state index contributed by atoms with van der Waals surface area (Å²) in [4.78, 5) is 26.5. The van der Waals surface area contributed by atoms with E-state index in [0.29, 0.717) is 17.5 Å². The molecule has 2 saturated heterocycles. The van der Waals surface area contributed by atoms with E-state index in [1.165, 1.54) is 31.2 Å². The molecule has 2 aliphatic heterocycles. The van der Waals surface area contributed by atoms with Gasteiger partial charge in [-0.25, -0.2) is 4.98 Å². The minimum absolute atomic E-state index is 0.116. The zero-order chi connectivity index (χ0) is 22.8. The maximum Gasteiger partial charge on any atom is 0.253 e. The molecule has 0 radical (unpaired) electrons. The molecule has 0 unspecified atom stereocenters. The molecule has 174 valence electrons. The highest BCUT2D eigenvalue weighted by molar-refractivity contribution is 5.94. The zero-order valence-corrected chi connectivity index (χ0v) is 19.8. The summed E-state index contributed by atoms with van der Waals surface area (Å²) in [5, 5.41) is 3.00. The third kappa shape index (κ3) is 5.19. The molecule has 2 fully saturated rings. The fourth-order valence-corrected chi connectivity index (χ4v) is 4.82. The number of piperidine rings is 1. The second-order valence-electron chi connectivity index (χ2n) is 10.3. The second kappa shape index (κ2) is 9.14. The number of likely N-dealkylation sites (tertiary alicyclic amines) is 1. The number of pyridine rings is 2. The van der Waals surface area contributed by atoms with E-state index in [0.717, 1.165) is 49.8 Å². The Morgan fingerprint density at radius 1 is 1.06 bits per heavy atom. The largest absolute Gasteiger partial charge is 0.370 e. The van der Waals surface area contributed by atoms with E-state index >= 15 is 0 Å². The normalized spacial score (nSPS) is 18.7. The maximum absolute atomic E-state index is 12.7. The van der Waals surface area contributed by atoms with Crippen LogP contribution in [0, 0.1) is 5.41 Å². The number of hydrogen-bond donors (Lipinski definition) is 1. The number of hydrogen-bond acceptors (Lipinski definition) is 5. The molecule has 0 aliphatic carbocycles. The SMILES string of the molecule is CC1(C)CCN(Cc2ccc3nc(CNC(=O)c4cncc(N5CCCC5)c4)cn3c2)CC1. The van der Waals surface area contributed by atoms with Crippen LogP contribution in [0.15, 0.2) is 43.0 Å². The molecule has 1 N–H and O–H groups in total. The average Bonchev–Trinajstić information content (AvgIpc) is 3.49. The van der Waals surface area contributed by atoms with Gasteiger partial charge in [0.25, 0.3) is 5.91 Å². The molecule has 1 amide bonds. The van der Waals surface area contributed by atoms with Gasteiger partial charge < -0.3 is 14.6 Å². The topological polar surface area (TPSA) is 65.8 Å². The molecule has 0 aromatic carbocycles. The van der Waals surface area contributed by atoms with Gasteiger partial charge in [-0.1, -0.05) is 19.9 Å². The van der Waals surface area contributed by atoms with Gasteiger partial charge in [-0.2, -0.15) is 0 Å². The molecule has 0 spiro atoms. The maximum atomic E-state index is 12.7. The van der Waals surface area contributed by atoms with Crippen LogP contribution in [0.2, 0.25) is 0 Å². The number of anilines is 1. The van der Waals surface area contributed by atoms with Crippen LogP contribution in [-0.4, -0.2) is 51.4 Å². The molecule has 5 heterocycles. The van der Waals surface area contributed by atoms with E-state index < -0.39 is 0 Å². The Morgan fingerprint density at radius 3 is 2.64 bits per heavy atom. The first-order chi connectivity index (χ1) is 15.9. The van der Waals surface area contributed by atoms with Crippen molar-refractivity contribution in [1.82, 2.24) is 24.6 Å². The van der Waals surface area contributed by atoms with Crippen molar-refractivity contribution in [2.75, 3.05) is 31.1 Å². The number of amides is 1. The van der Waals surface area contributed by atoms with E-state index in [4.69, 9.17) is 0 Å². The Kier molecular flexibility index (Phi) is 6.06. The molecule has 2 aliphatic rings. The second-order valence-corrected chi connectivity index (χ2v) is 10.3. The van der Waals surface area contributed by atoms with E-state index in [2.05, 4.69) is 61.7 Å². The molecule has 5 rings (SSSR count). The minimum Gasteiger partial charge on any atom is -0.370 e. The quantitative estimate of drug-likeness (QED) is 0.623. The van der Waals surface area contributed by atoms with Gasteiger partial charge in [0.05, 0.1) is 29.7 Å². The summed E-state index contributed by atoms with van der Waals surface area (Å²) in [5.74, 6) is -0.116. The van der Waals surface area contributed by atoms with Crippen LogP contribution in [0.1, 0.15) is 61.1 Å². The highest BCUT2D eigenvalue weighted by Crippen LogP contribution is 2.30. The van der Waals surface area contributed by atoms with Crippen molar-refractivity contribution in [1.29, 1.82) is 0 Å². The lowest BCUT2D eigenvalue weighted by molar-refractivity contribution is 0.0950. The number of nitrogens with zero attached hydrogens (tertiary/aromatic N) is 5. The Balaban J connectivity index is 1.20. The van der Waals surface area contributed by atoms with Crippen molar-refractivity contribution in [3.05, 3.63) is 59.8 Å². The van der Waals surface area contributed by atoms with Crippen molar-refractivity contribution < 1.29 is 4.79 Å². The summed E-state index contributed by atoms with van der Waals surface area (Å²) < 4.78 is 2.07. The Labute approximate surface area is 195 Å². The van der Waals surface area contributed by atoms with Gasteiger partial charge >= 0.3 is 0 Å². The number of rotatable bonds is 6. The molecule has 3 aromatic heterocycles. The van der Waals surface area contributed by atoms with Crippen LogP contribution >= 0.6 is 0 Å². The van der Waals surface area contributed by atoms with Gasteiger partial charge in [-0.05, 0) is 61.9 Å². The number of carbonyl (C=O) groups excluding carboxylic acids is 1. The van der Waals surface area contributed by atoms with Crippen molar-refractivity contribution in [3.8, 4) is 0 Å². The number of nitrogens with one attached hydrogen (secondary N) is 1. The predicted molar refractivity (Wildman–Crippen MR) is 130 cm³/mol. The van der Waals surface area contributed by atoms with E-state index in [1.807, 2.05) is 18.5 Å². The Hall–Kier alpha value is -2.93. The summed E-state index contributed by atoms with van der Waals surface area (Å²) in [6.07, 6.45) is 12.5. The van der Waals surface area contributed by atoms with Gasteiger partial charge in [0.15, 0.2) is 0 Å². The van der Waals surface area contributed by atoms with Crippen molar-refractivity contribution >= 4 is 17.2 Å². The summed E-state index contributed by atoms with van der Waals surface area (Å²) in [5.41, 5.74) is 5.13. The highest BCUT2D eigenvalue weighted by Gasteiger charge is 2.25. The zero-order valence-electron chi connectivity index (χ0n) is 19.8. The highest BCUT2D eigenvalue weighted by atomic mass is 16.1. The standard InChI is InChI=1S/C26H34N6O/c1-26(2)7-11-30(12-8-26)17-20-5-6-24-29-22(19-32(24)18-20)15-28-25(33)21-13-23(16-27-14-21)31-9-3-4-10-31/h5-6,13-14,16,18-19H,3-4,7-12,15,17H2,1-2H3,(H,28,33). The van der Waals surface area contributed by atoms with Gasteiger partial charge in [-0.15, -0.1) is 0 Å². The van der Waals surface area contributed by atoms with Gasteiger partial charge in [0, 0.05) is 38.2 Å². The molecule has 0 bridgehead atoms. The fourth-order valence-electron chi connectivity index (χ4n) is 4.82. The van der Waals surface area contributed by atoms with Crippen LogP contribution in [0.25, 0.3) is 5.65 Å². The molecule has 3 aromatic rings. The fraction of sp³-hybridized carbons (Fsp3) is 0.500. The van der Waals surface area contributed by atoms with Crippen LogP contribution in [0.4, 0.5) is 5.69 Å². The monoisotopic (exact) mass is 446 g/mol. The van der Waals surface area contributed by atoms with Gasteiger partial charge in [-0.3, -0.25) is 14.7 Å². The molecule has 7 nitrogen and oxygen atoms in total. The van der Waals surface area contributed by atoms with Crippen molar-refractivity contribution in [3.63, 3.8) is 0 Å². The number of aromatic nitrogens is 3. The number of carbonyl (C=O) groups is 1. The van der Waals surface area contributed by atoms with Crippen LogP contribution in [0.3, 0.4) is 0 Å². The first-order valence-electron chi connectivity index (χ1n) is 12.1. The van der Waals surface area contributed by atoms with Crippen molar-refractivity contribution in [2.45, 2.75) is 52.6 Å². The number of imidazole rings is 1. The van der Waals surface area contributed by atoms with Crippen molar-refractivity contribution in [2.24, 2.45) is 5.41 Å².